The van der Waals surface area contributed by atoms with Crippen LogP contribution in [0.25, 0.3) is 0 Å². The molecular weight excluding hydrogens is 352 g/mol. The van der Waals surface area contributed by atoms with Crippen LogP contribution in [0.3, 0.4) is 0 Å². The number of hydrogen-bond acceptors (Lipinski definition) is 7. The molecule has 1 aliphatic rings. The Morgan fingerprint density at radius 3 is 1.74 bits per heavy atom. The fourth-order valence-corrected chi connectivity index (χ4v) is 2.83. The topological polar surface area (TPSA) is 102 Å². The first-order valence-electron chi connectivity index (χ1n) is 8.51. The lowest BCUT2D eigenvalue weighted by Gasteiger charge is -2.40. The maximum absolute atomic E-state index is 12.4. The molecule has 0 aromatic heterocycles. The molecule has 0 saturated carbocycles. The molecule has 1 saturated heterocycles. The summed E-state index contributed by atoms with van der Waals surface area (Å²) < 4.78 is 16.0. The molecule has 7 heteroatoms. The highest BCUT2D eigenvalue weighted by molar-refractivity contribution is 5.90. The van der Waals surface area contributed by atoms with Crippen LogP contribution in [0.1, 0.15) is 27.6 Å². The van der Waals surface area contributed by atoms with Crippen LogP contribution in [-0.4, -0.2) is 52.9 Å². The second-order valence-corrected chi connectivity index (χ2v) is 6.19. The van der Waals surface area contributed by atoms with E-state index in [0.717, 1.165) is 0 Å². The molecule has 0 spiro atoms. The molecule has 5 atom stereocenters. The Hall–Kier alpha value is -2.74. The van der Waals surface area contributed by atoms with Crippen LogP contribution in [0.5, 0.6) is 0 Å². The van der Waals surface area contributed by atoms with E-state index in [4.69, 9.17) is 14.2 Å². The number of esters is 2. The summed E-state index contributed by atoms with van der Waals surface area (Å²) in [6.45, 7) is 1.56. The van der Waals surface area contributed by atoms with Gasteiger partial charge in [0.1, 0.15) is 6.10 Å². The summed E-state index contributed by atoms with van der Waals surface area (Å²) in [5, 5.41) is 20.1. The number of ether oxygens (including phenoxy) is 3. The van der Waals surface area contributed by atoms with Gasteiger partial charge in [-0.2, -0.15) is 0 Å². The predicted molar refractivity (Wildman–Crippen MR) is 93.9 cm³/mol. The van der Waals surface area contributed by atoms with Gasteiger partial charge in [0, 0.05) is 0 Å². The summed E-state index contributed by atoms with van der Waals surface area (Å²) in [6, 6.07) is 16.5. The van der Waals surface area contributed by atoms with E-state index >= 15 is 0 Å². The first-order chi connectivity index (χ1) is 13.0. The molecule has 1 fully saturated rings. The number of aliphatic hydroxyl groups is 2. The van der Waals surface area contributed by atoms with E-state index in [2.05, 4.69) is 0 Å². The minimum absolute atomic E-state index is 0.270. The number of aliphatic hydroxyl groups excluding tert-OH is 2. The smallest absolute Gasteiger partial charge is 0.338 e. The zero-order chi connectivity index (χ0) is 19.4. The second-order valence-electron chi connectivity index (χ2n) is 6.19. The zero-order valence-corrected chi connectivity index (χ0v) is 14.6. The van der Waals surface area contributed by atoms with Crippen molar-refractivity contribution < 1.29 is 34.0 Å². The van der Waals surface area contributed by atoms with E-state index < -0.39 is 42.6 Å². The third-order valence-electron chi connectivity index (χ3n) is 4.27. The van der Waals surface area contributed by atoms with Gasteiger partial charge in [0.15, 0.2) is 18.5 Å². The molecule has 1 heterocycles. The quantitative estimate of drug-likeness (QED) is 0.785. The monoisotopic (exact) mass is 372 g/mol. The van der Waals surface area contributed by atoms with Crippen LogP contribution >= 0.6 is 0 Å². The highest BCUT2D eigenvalue weighted by atomic mass is 16.7. The molecule has 1 aliphatic heterocycles. The highest BCUT2D eigenvalue weighted by Gasteiger charge is 2.47. The largest absolute Gasteiger partial charge is 0.452 e. The Bertz CT molecular complexity index is 777. The van der Waals surface area contributed by atoms with Crippen molar-refractivity contribution in [3.8, 4) is 0 Å². The fourth-order valence-electron chi connectivity index (χ4n) is 2.83. The molecule has 142 valence electrons. The Labute approximate surface area is 156 Å². The number of benzene rings is 2. The summed E-state index contributed by atoms with van der Waals surface area (Å²) in [5.41, 5.74) is 0.574. The van der Waals surface area contributed by atoms with Gasteiger partial charge in [0.05, 0.1) is 17.2 Å². The average Bonchev–Trinajstić information content (AvgIpc) is 2.69. The second kappa shape index (κ2) is 8.30. The number of carbonyl (C=O) groups excluding carboxylic acids is 2. The molecule has 2 N–H and O–H groups in total. The van der Waals surface area contributed by atoms with E-state index in [9.17, 15) is 19.8 Å². The van der Waals surface area contributed by atoms with Gasteiger partial charge in [0.2, 0.25) is 0 Å². The van der Waals surface area contributed by atoms with E-state index in [1.165, 1.54) is 0 Å². The minimum atomic E-state index is -1.57. The van der Waals surface area contributed by atoms with Crippen LogP contribution in [0.15, 0.2) is 60.7 Å². The fraction of sp³-hybridized carbons (Fsp3) is 0.300. The first-order valence-corrected chi connectivity index (χ1v) is 8.51. The number of rotatable bonds is 4. The Morgan fingerprint density at radius 2 is 1.26 bits per heavy atom. The van der Waals surface area contributed by atoms with Crippen LogP contribution in [0.2, 0.25) is 0 Å². The minimum Gasteiger partial charge on any atom is -0.452 e. The summed E-state index contributed by atoms with van der Waals surface area (Å²) in [5.74, 6) is -1.36. The molecule has 0 aliphatic carbocycles. The Balaban J connectivity index is 1.80. The maximum Gasteiger partial charge on any atom is 0.338 e. The molecule has 1 unspecified atom stereocenters. The predicted octanol–water partition coefficient (Wildman–Crippen LogP) is 1.54. The van der Waals surface area contributed by atoms with Crippen molar-refractivity contribution in [1.29, 1.82) is 0 Å². The normalized spacial score (nSPS) is 27.6. The average molecular weight is 372 g/mol. The molecular formula is C20H20O7. The van der Waals surface area contributed by atoms with Gasteiger partial charge in [-0.15, -0.1) is 0 Å². The summed E-state index contributed by atoms with van der Waals surface area (Å²) in [6.07, 6.45) is -6.32. The highest BCUT2D eigenvalue weighted by Crippen LogP contribution is 2.26. The van der Waals surface area contributed by atoms with Crippen molar-refractivity contribution in [3.05, 3.63) is 71.8 Å². The molecule has 0 radical (unpaired) electrons. The maximum atomic E-state index is 12.4. The Morgan fingerprint density at radius 1 is 0.815 bits per heavy atom. The molecule has 7 nitrogen and oxygen atoms in total. The van der Waals surface area contributed by atoms with Gasteiger partial charge < -0.3 is 24.4 Å². The van der Waals surface area contributed by atoms with Crippen molar-refractivity contribution in [2.24, 2.45) is 0 Å². The third-order valence-corrected chi connectivity index (χ3v) is 4.27. The van der Waals surface area contributed by atoms with Crippen LogP contribution in [-0.2, 0) is 14.2 Å². The van der Waals surface area contributed by atoms with Gasteiger partial charge in [-0.1, -0.05) is 36.4 Å². The van der Waals surface area contributed by atoms with Crippen molar-refractivity contribution in [1.82, 2.24) is 0 Å². The lowest BCUT2D eigenvalue weighted by molar-refractivity contribution is -0.276. The van der Waals surface area contributed by atoms with Crippen LogP contribution < -0.4 is 0 Å². The van der Waals surface area contributed by atoms with Gasteiger partial charge in [-0.05, 0) is 31.2 Å². The molecule has 3 rings (SSSR count). The number of carbonyl (C=O) groups is 2. The van der Waals surface area contributed by atoms with Crippen molar-refractivity contribution in [3.63, 3.8) is 0 Å². The lowest BCUT2D eigenvalue weighted by atomic mass is 9.99. The van der Waals surface area contributed by atoms with E-state index in [0.29, 0.717) is 5.56 Å². The van der Waals surface area contributed by atoms with Gasteiger partial charge >= 0.3 is 11.9 Å². The molecule has 27 heavy (non-hydrogen) atoms. The standard InChI is InChI=1S/C20H20O7/c1-12-16(26-18(22)13-8-4-2-5-9-13)17(15(21)20(24)25-12)27-19(23)14-10-6-3-7-11-14/h2-12,15-17,20-21,24H,1H3/t12-,15-,16-,17-,20?/m0/s1. The lowest BCUT2D eigenvalue weighted by Crippen LogP contribution is -2.59. The van der Waals surface area contributed by atoms with Crippen molar-refractivity contribution in [2.75, 3.05) is 0 Å². The van der Waals surface area contributed by atoms with E-state index in [1.54, 1.807) is 67.6 Å². The molecule has 0 bridgehead atoms. The van der Waals surface area contributed by atoms with Crippen molar-refractivity contribution in [2.45, 2.75) is 37.6 Å². The summed E-state index contributed by atoms with van der Waals surface area (Å²) in [4.78, 5) is 24.8. The van der Waals surface area contributed by atoms with Crippen molar-refractivity contribution >= 4 is 11.9 Å². The van der Waals surface area contributed by atoms with Crippen LogP contribution in [0, 0.1) is 0 Å². The Kier molecular flexibility index (Phi) is 5.85. The van der Waals surface area contributed by atoms with Gasteiger partial charge in [-0.3, -0.25) is 0 Å². The first kappa shape index (κ1) is 19.0. The van der Waals surface area contributed by atoms with Crippen LogP contribution in [0.4, 0.5) is 0 Å². The zero-order valence-electron chi connectivity index (χ0n) is 14.6. The number of hydrogen-bond donors (Lipinski definition) is 2. The third kappa shape index (κ3) is 4.33. The van der Waals surface area contributed by atoms with Gasteiger partial charge in [-0.25, -0.2) is 9.59 Å². The SMILES string of the molecule is C[C@@H]1OC(O)[C@@H](O)[C@H](OC(=O)c2ccccc2)[C@H]1OC(=O)c1ccccc1. The summed E-state index contributed by atoms with van der Waals surface area (Å²) in [7, 11) is 0. The van der Waals surface area contributed by atoms with E-state index in [1.807, 2.05) is 0 Å². The van der Waals surface area contributed by atoms with E-state index in [-0.39, 0.29) is 5.56 Å². The summed E-state index contributed by atoms with van der Waals surface area (Å²) >= 11 is 0. The molecule has 2 aromatic carbocycles. The van der Waals surface area contributed by atoms with Gasteiger partial charge in [0.25, 0.3) is 0 Å². The molecule has 2 aromatic rings. The molecule has 0 amide bonds.